The van der Waals surface area contributed by atoms with Crippen LogP contribution in [0.1, 0.15) is 5.56 Å². The van der Waals surface area contributed by atoms with Gasteiger partial charge in [-0.05, 0) is 30.7 Å². The second-order valence-electron chi connectivity index (χ2n) is 6.10. The SMILES string of the molecule is O=C1NN(c2ccc(Cl)c(Cl)c2)C(=O)[C@H]1Cc1cc2c(cc1[N+](=O)[O-])OCO2. The van der Waals surface area contributed by atoms with Gasteiger partial charge in [0.2, 0.25) is 6.79 Å². The highest BCUT2D eigenvalue weighted by Crippen LogP contribution is 2.39. The van der Waals surface area contributed by atoms with Crippen molar-refractivity contribution in [3.63, 3.8) is 0 Å². The van der Waals surface area contributed by atoms with Crippen LogP contribution in [0.15, 0.2) is 30.3 Å². The van der Waals surface area contributed by atoms with Gasteiger partial charge in [0.25, 0.3) is 17.5 Å². The van der Waals surface area contributed by atoms with Crippen molar-refractivity contribution in [3.05, 3.63) is 56.1 Å². The van der Waals surface area contributed by atoms with Gasteiger partial charge in [0.1, 0.15) is 5.92 Å². The van der Waals surface area contributed by atoms with E-state index in [-0.39, 0.29) is 35.2 Å². The lowest BCUT2D eigenvalue weighted by molar-refractivity contribution is -0.385. The van der Waals surface area contributed by atoms with E-state index < -0.39 is 22.7 Å². The van der Waals surface area contributed by atoms with Crippen molar-refractivity contribution in [3.8, 4) is 11.5 Å². The molecule has 2 aliphatic rings. The third kappa shape index (κ3) is 3.08. The van der Waals surface area contributed by atoms with E-state index >= 15 is 0 Å². The van der Waals surface area contributed by atoms with Crippen molar-refractivity contribution >= 4 is 46.4 Å². The quantitative estimate of drug-likeness (QED) is 0.459. The van der Waals surface area contributed by atoms with Crippen LogP contribution in [0.5, 0.6) is 11.5 Å². The van der Waals surface area contributed by atoms with Gasteiger partial charge >= 0.3 is 0 Å². The Bertz CT molecular complexity index is 1030. The number of hydrogen-bond donors (Lipinski definition) is 1. The molecule has 0 radical (unpaired) electrons. The Morgan fingerprint density at radius 1 is 1.14 bits per heavy atom. The first kappa shape index (κ1) is 18.3. The molecule has 28 heavy (non-hydrogen) atoms. The summed E-state index contributed by atoms with van der Waals surface area (Å²) in [5.74, 6) is -1.71. The molecule has 144 valence electrons. The maximum atomic E-state index is 12.8. The first-order chi connectivity index (χ1) is 13.3. The number of fused-ring (bicyclic) bond motifs is 1. The highest BCUT2D eigenvalue weighted by atomic mass is 35.5. The standard InChI is InChI=1S/C17H11Cl2N3O6/c18-11-2-1-9(5-12(11)19)21-17(24)10(16(23)20-21)3-8-4-14-15(28-7-27-14)6-13(8)22(25)26/h1-2,4-6,10H,3,7H2,(H,20,23)/t10-/m0/s1. The number of nitrogens with zero attached hydrogens (tertiary/aromatic N) is 2. The summed E-state index contributed by atoms with van der Waals surface area (Å²) >= 11 is 11.8. The van der Waals surface area contributed by atoms with Gasteiger partial charge in [-0.25, -0.2) is 5.01 Å². The molecule has 2 aliphatic heterocycles. The number of nitro groups is 1. The zero-order valence-electron chi connectivity index (χ0n) is 14.0. The molecular weight excluding hydrogens is 413 g/mol. The van der Waals surface area contributed by atoms with E-state index in [2.05, 4.69) is 5.43 Å². The number of halogens is 2. The molecule has 0 unspecified atom stereocenters. The van der Waals surface area contributed by atoms with Crippen LogP contribution >= 0.6 is 23.2 Å². The first-order valence-corrected chi connectivity index (χ1v) is 8.77. The molecular formula is C17H11Cl2N3O6. The van der Waals surface area contributed by atoms with Crippen molar-refractivity contribution < 1.29 is 24.0 Å². The summed E-state index contributed by atoms with van der Waals surface area (Å²) in [6.45, 7) is -0.0517. The van der Waals surface area contributed by atoms with Crippen LogP contribution in [0.25, 0.3) is 0 Å². The predicted molar refractivity (Wildman–Crippen MR) is 98.5 cm³/mol. The van der Waals surface area contributed by atoms with Crippen LogP contribution in [-0.2, 0) is 16.0 Å². The van der Waals surface area contributed by atoms with Crippen molar-refractivity contribution in [1.82, 2.24) is 5.43 Å². The highest BCUT2D eigenvalue weighted by molar-refractivity contribution is 6.42. The topological polar surface area (TPSA) is 111 Å². The van der Waals surface area contributed by atoms with Gasteiger partial charge in [-0.2, -0.15) is 0 Å². The minimum atomic E-state index is -1.14. The molecule has 2 heterocycles. The van der Waals surface area contributed by atoms with E-state index in [0.29, 0.717) is 16.5 Å². The number of hydrogen-bond acceptors (Lipinski definition) is 6. The van der Waals surface area contributed by atoms with Crippen LogP contribution in [0.4, 0.5) is 11.4 Å². The fourth-order valence-electron chi connectivity index (χ4n) is 3.03. The maximum Gasteiger partial charge on any atom is 0.276 e. The van der Waals surface area contributed by atoms with Gasteiger partial charge in [-0.15, -0.1) is 0 Å². The van der Waals surface area contributed by atoms with Gasteiger partial charge in [0.05, 0.1) is 26.7 Å². The summed E-state index contributed by atoms with van der Waals surface area (Å²) in [5, 5.41) is 13.0. The number of anilines is 1. The monoisotopic (exact) mass is 423 g/mol. The molecule has 0 spiro atoms. The Morgan fingerprint density at radius 3 is 2.54 bits per heavy atom. The normalized spacial score (nSPS) is 17.8. The minimum absolute atomic E-state index is 0.0517. The molecule has 0 saturated carbocycles. The summed E-state index contributed by atoms with van der Waals surface area (Å²) in [6, 6.07) is 7.11. The second-order valence-corrected chi connectivity index (χ2v) is 6.91. The zero-order chi connectivity index (χ0) is 20.0. The summed E-state index contributed by atoms with van der Waals surface area (Å²) < 4.78 is 10.4. The number of carbonyl (C=O) groups is 2. The number of nitrogens with one attached hydrogen (secondary N) is 1. The molecule has 4 rings (SSSR count). The van der Waals surface area contributed by atoms with E-state index in [4.69, 9.17) is 32.7 Å². The van der Waals surface area contributed by atoms with Crippen molar-refractivity contribution in [2.45, 2.75) is 6.42 Å². The average Bonchev–Trinajstić information content (AvgIpc) is 3.22. The lowest BCUT2D eigenvalue weighted by atomic mass is 9.97. The van der Waals surface area contributed by atoms with Gasteiger partial charge in [-0.1, -0.05) is 23.2 Å². The fraction of sp³-hybridized carbons (Fsp3) is 0.176. The molecule has 11 heteroatoms. The summed E-state index contributed by atoms with van der Waals surface area (Å²) in [7, 11) is 0. The number of amides is 2. The van der Waals surface area contributed by atoms with Crippen LogP contribution in [0, 0.1) is 16.0 Å². The van der Waals surface area contributed by atoms with Crippen LogP contribution in [-0.4, -0.2) is 23.5 Å². The number of nitro benzene ring substituents is 1. The van der Waals surface area contributed by atoms with Crippen molar-refractivity contribution in [2.75, 3.05) is 11.8 Å². The third-order valence-electron chi connectivity index (χ3n) is 4.41. The number of ether oxygens (including phenoxy) is 2. The predicted octanol–water partition coefficient (Wildman–Crippen LogP) is 2.87. The van der Waals surface area contributed by atoms with E-state index in [1.54, 1.807) is 0 Å². The number of rotatable bonds is 4. The van der Waals surface area contributed by atoms with Crippen molar-refractivity contribution in [2.24, 2.45) is 5.92 Å². The average molecular weight is 424 g/mol. The Kier molecular flexibility index (Phi) is 4.48. The Labute approximate surface area is 167 Å². The summed E-state index contributed by atoms with van der Waals surface area (Å²) in [4.78, 5) is 36.0. The largest absolute Gasteiger partial charge is 0.454 e. The summed E-state index contributed by atoms with van der Waals surface area (Å²) in [5.41, 5.74) is 2.73. The molecule has 1 atom stereocenters. The van der Waals surface area contributed by atoms with E-state index in [9.17, 15) is 19.7 Å². The van der Waals surface area contributed by atoms with E-state index in [1.165, 1.54) is 30.3 Å². The highest BCUT2D eigenvalue weighted by Gasteiger charge is 2.41. The number of hydrazine groups is 1. The van der Waals surface area contributed by atoms with E-state index in [0.717, 1.165) is 5.01 Å². The zero-order valence-corrected chi connectivity index (χ0v) is 15.5. The van der Waals surface area contributed by atoms with Crippen LogP contribution in [0.2, 0.25) is 10.0 Å². The van der Waals surface area contributed by atoms with E-state index in [1.807, 2.05) is 0 Å². The van der Waals surface area contributed by atoms with Gasteiger partial charge < -0.3 is 9.47 Å². The molecule has 2 aromatic rings. The Morgan fingerprint density at radius 2 is 1.86 bits per heavy atom. The van der Waals surface area contributed by atoms with Gasteiger partial charge in [-0.3, -0.25) is 25.1 Å². The van der Waals surface area contributed by atoms with Crippen molar-refractivity contribution in [1.29, 1.82) is 0 Å². The molecule has 0 bridgehead atoms. The molecule has 0 aliphatic carbocycles. The summed E-state index contributed by atoms with van der Waals surface area (Å²) in [6.07, 6.45) is -0.171. The molecule has 1 N–H and O–H groups in total. The fourth-order valence-corrected chi connectivity index (χ4v) is 3.33. The lowest BCUT2D eigenvalue weighted by Gasteiger charge is -2.16. The van der Waals surface area contributed by atoms with Crippen LogP contribution < -0.4 is 19.9 Å². The second kappa shape index (κ2) is 6.84. The number of carbonyl (C=O) groups excluding carboxylic acids is 2. The molecule has 2 amide bonds. The minimum Gasteiger partial charge on any atom is -0.454 e. The third-order valence-corrected chi connectivity index (χ3v) is 5.15. The smallest absolute Gasteiger partial charge is 0.276 e. The maximum absolute atomic E-state index is 12.8. The first-order valence-electron chi connectivity index (χ1n) is 8.01. The molecule has 1 fully saturated rings. The molecule has 2 aromatic carbocycles. The van der Waals surface area contributed by atoms with Gasteiger partial charge in [0.15, 0.2) is 11.5 Å². The van der Waals surface area contributed by atoms with Gasteiger partial charge in [0, 0.05) is 5.56 Å². The number of benzene rings is 2. The Hall–Kier alpha value is -3.04. The molecule has 1 saturated heterocycles. The Balaban J connectivity index is 1.64. The lowest BCUT2D eigenvalue weighted by Crippen LogP contribution is -2.35. The molecule has 0 aromatic heterocycles. The van der Waals surface area contributed by atoms with Crippen LogP contribution in [0.3, 0.4) is 0 Å². The molecule has 9 nitrogen and oxygen atoms in total.